The van der Waals surface area contributed by atoms with Gasteiger partial charge in [-0.3, -0.25) is 0 Å². The number of halogens is 6. The molecule has 0 saturated carbocycles. The third-order valence-electron chi connectivity index (χ3n) is 4.17. The van der Waals surface area contributed by atoms with Crippen LogP contribution in [0.5, 0.6) is 0 Å². The molecule has 0 aliphatic carbocycles. The first-order valence-corrected chi connectivity index (χ1v) is 11.1. The van der Waals surface area contributed by atoms with Crippen LogP contribution < -0.4 is 5.69 Å². The molecule has 0 unspecified atom stereocenters. The van der Waals surface area contributed by atoms with Crippen LogP contribution in [-0.2, 0) is 32.4 Å². The normalized spacial score (nSPS) is 13.3. The largest absolute Gasteiger partial charge is 0.417 e. The van der Waals surface area contributed by atoms with Crippen molar-refractivity contribution in [3.05, 3.63) is 82.5 Å². The van der Waals surface area contributed by atoms with Crippen molar-refractivity contribution in [3.8, 4) is 0 Å². The Morgan fingerprint density at radius 3 is 1.22 bits per heavy atom. The summed E-state index contributed by atoms with van der Waals surface area (Å²) >= 11 is 0. The van der Waals surface area contributed by atoms with E-state index in [4.69, 9.17) is 0 Å². The van der Waals surface area contributed by atoms with Gasteiger partial charge in [-0.2, -0.15) is 34.3 Å². The summed E-state index contributed by atoms with van der Waals surface area (Å²) < 4.78 is 129. The summed E-state index contributed by atoms with van der Waals surface area (Å²) in [5.41, 5.74) is -5.14. The summed E-state index contributed by atoms with van der Waals surface area (Å²) in [7, 11) is -10.5. The van der Waals surface area contributed by atoms with Crippen molar-refractivity contribution in [1.82, 2.24) is 7.94 Å². The highest BCUT2D eigenvalue weighted by molar-refractivity contribution is 7.90. The lowest BCUT2D eigenvalue weighted by Gasteiger charge is -2.14. The third kappa shape index (κ3) is 3.92. The van der Waals surface area contributed by atoms with Crippen LogP contribution in [0.25, 0.3) is 0 Å². The average Bonchev–Trinajstić information content (AvgIpc) is 3.09. The summed E-state index contributed by atoms with van der Waals surface area (Å²) in [6.07, 6.45) is -9.60. The Labute approximate surface area is 176 Å². The summed E-state index contributed by atoms with van der Waals surface area (Å²) in [5, 5.41) is 0. The lowest BCUT2D eigenvalue weighted by molar-refractivity contribution is -0.140. The lowest BCUT2D eigenvalue weighted by Crippen LogP contribution is -2.34. The van der Waals surface area contributed by atoms with Crippen LogP contribution in [0.15, 0.2) is 75.5 Å². The molecular formula is C17H10F6N2O5S2. The van der Waals surface area contributed by atoms with Gasteiger partial charge >= 0.3 is 18.0 Å². The van der Waals surface area contributed by atoms with Crippen molar-refractivity contribution in [2.24, 2.45) is 0 Å². The maximum absolute atomic E-state index is 13.2. The zero-order valence-electron chi connectivity index (χ0n) is 15.3. The van der Waals surface area contributed by atoms with Crippen LogP contribution in [0.2, 0.25) is 0 Å². The Hall–Kier alpha value is -3.07. The molecule has 32 heavy (non-hydrogen) atoms. The highest BCUT2D eigenvalue weighted by atomic mass is 32.2. The molecule has 0 saturated heterocycles. The first kappa shape index (κ1) is 23.6. The van der Waals surface area contributed by atoms with E-state index < -0.39 is 59.0 Å². The Bertz CT molecular complexity index is 1340. The van der Waals surface area contributed by atoms with E-state index in [0.717, 1.165) is 24.3 Å². The van der Waals surface area contributed by atoms with E-state index >= 15 is 0 Å². The molecule has 2 aromatic carbocycles. The van der Waals surface area contributed by atoms with Gasteiger partial charge in [-0.05, 0) is 24.3 Å². The lowest BCUT2D eigenvalue weighted by atomic mass is 10.2. The van der Waals surface area contributed by atoms with E-state index in [1.165, 1.54) is 0 Å². The quantitative estimate of drug-likeness (QED) is 0.513. The predicted octanol–water partition coefficient (Wildman–Crippen LogP) is 3.16. The minimum Gasteiger partial charge on any atom is -0.245 e. The molecule has 0 spiro atoms. The minimum atomic E-state index is -5.27. The molecule has 0 fully saturated rings. The fraction of sp³-hybridized carbons (Fsp3) is 0.118. The van der Waals surface area contributed by atoms with Crippen LogP contribution in [0.1, 0.15) is 11.1 Å². The van der Waals surface area contributed by atoms with Crippen molar-refractivity contribution in [1.29, 1.82) is 0 Å². The first-order chi connectivity index (χ1) is 14.6. The van der Waals surface area contributed by atoms with Crippen molar-refractivity contribution >= 4 is 20.0 Å². The van der Waals surface area contributed by atoms with E-state index in [-0.39, 0.29) is 7.94 Å². The van der Waals surface area contributed by atoms with Gasteiger partial charge in [0.15, 0.2) is 0 Å². The Balaban J connectivity index is 2.23. The topological polar surface area (TPSA) is 95.2 Å². The van der Waals surface area contributed by atoms with Crippen molar-refractivity contribution in [2.45, 2.75) is 22.1 Å². The number of imidazole rings is 1. The molecule has 0 amide bonds. The second-order valence-electron chi connectivity index (χ2n) is 6.17. The van der Waals surface area contributed by atoms with Gasteiger partial charge in [0.2, 0.25) is 0 Å². The molecule has 172 valence electrons. The standard InChI is InChI=1S/C17H10F6N2O5S2/c18-16(19,20)11-5-1-3-7-13(11)31(27,28)24-9-10-25(15(24)26)32(29,30)14-8-4-2-6-12(14)17(21,22)23/h1-10H. The monoisotopic (exact) mass is 500 g/mol. The number of hydrogen-bond donors (Lipinski definition) is 0. The molecule has 0 radical (unpaired) electrons. The molecule has 0 N–H and O–H groups in total. The Morgan fingerprint density at radius 2 is 0.906 bits per heavy atom. The second kappa shape index (κ2) is 7.51. The van der Waals surface area contributed by atoms with Crippen LogP contribution >= 0.6 is 0 Å². The summed E-state index contributed by atoms with van der Waals surface area (Å²) in [6, 6.07) is 5.66. The van der Waals surface area contributed by atoms with Gasteiger partial charge in [0, 0.05) is 12.4 Å². The van der Waals surface area contributed by atoms with E-state index in [9.17, 15) is 48.0 Å². The number of rotatable bonds is 4. The first-order valence-electron chi connectivity index (χ1n) is 8.23. The summed E-state index contributed by atoms with van der Waals surface area (Å²) in [4.78, 5) is 9.84. The smallest absolute Gasteiger partial charge is 0.245 e. The van der Waals surface area contributed by atoms with Gasteiger partial charge < -0.3 is 0 Å². The zero-order valence-corrected chi connectivity index (χ0v) is 16.9. The van der Waals surface area contributed by atoms with Gasteiger partial charge in [0.05, 0.1) is 11.1 Å². The minimum absolute atomic E-state index is 0.300. The van der Waals surface area contributed by atoms with Gasteiger partial charge in [-0.1, -0.05) is 24.3 Å². The molecule has 1 aromatic heterocycles. The molecule has 15 heteroatoms. The third-order valence-corrected chi connectivity index (χ3v) is 7.59. The van der Waals surface area contributed by atoms with Crippen LogP contribution in [0.4, 0.5) is 26.3 Å². The number of benzene rings is 2. The molecule has 0 bridgehead atoms. The molecule has 1 heterocycles. The van der Waals surface area contributed by atoms with Gasteiger partial charge in [0.25, 0.3) is 20.0 Å². The maximum Gasteiger partial charge on any atom is 0.417 e. The van der Waals surface area contributed by atoms with Crippen molar-refractivity contribution in [3.63, 3.8) is 0 Å². The predicted molar refractivity (Wildman–Crippen MR) is 96.7 cm³/mol. The van der Waals surface area contributed by atoms with Crippen LogP contribution in [0, 0.1) is 0 Å². The van der Waals surface area contributed by atoms with Crippen LogP contribution in [-0.4, -0.2) is 24.8 Å². The Kier molecular flexibility index (Phi) is 5.54. The molecule has 0 aliphatic rings. The number of aromatic nitrogens is 2. The highest BCUT2D eigenvalue weighted by Crippen LogP contribution is 2.36. The molecular weight excluding hydrogens is 490 g/mol. The molecule has 3 rings (SSSR count). The van der Waals surface area contributed by atoms with E-state index in [1.807, 2.05) is 0 Å². The van der Waals surface area contributed by atoms with Crippen molar-refractivity contribution in [2.75, 3.05) is 0 Å². The van der Waals surface area contributed by atoms with Crippen LogP contribution in [0.3, 0.4) is 0 Å². The van der Waals surface area contributed by atoms with Gasteiger partial charge in [0.1, 0.15) is 9.79 Å². The SMILES string of the molecule is O=c1n(S(=O)(=O)c2ccccc2C(F)(F)F)ccn1S(=O)(=O)c1ccccc1C(F)(F)F. The van der Waals surface area contributed by atoms with Gasteiger partial charge in [-0.15, -0.1) is 0 Å². The number of alkyl halides is 6. The number of hydrogen-bond acceptors (Lipinski definition) is 5. The summed E-state index contributed by atoms with van der Waals surface area (Å²) in [5.74, 6) is 0. The second-order valence-corrected chi connectivity index (χ2v) is 9.74. The number of nitrogens with zero attached hydrogens (tertiary/aromatic N) is 2. The van der Waals surface area contributed by atoms with E-state index in [1.54, 1.807) is 0 Å². The average molecular weight is 500 g/mol. The highest BCUT2D eigenvalue weighted by Gasteiger charge is 2.40. The Morgan fingerprint density at radius 1 is 0.594 bits per heavy atom. The zero-order chi connectivity index (χ0) is 24.1. The molecule has 0 aliphatic heterocycles. The maximum atomic E-state index is 13.2. The fourth-order valence-electron chi connectivity index (χ4n) is 2.78. The van der Waals surface area contributed by atoms with E-state index in [2.05, 4.69) is 0 Å². The summed E-state index contributed by atoms with van der Waals surface area (Å²) in [6.45, 7) is 0. The fourth-order valence-corrected chi connectivity index (χ4v) is 5.69. The molecule has 7 nitrogen and oxygen atoms in total. The molecule has 3 aromatic rings. The van der Waals surface area contributed by atoms with Gasteiger partial charge in [-0.25, -0.2) is 21.6 Å². The van der Waals surface area contributed by atoms with Crippen molar-refractivity contribution < 1.29 is 43.2 Å². The molecule has 0 atom stereocenters. The van der Waals surface area contributed by atoms with E-state index in [0.29, 0.717) is 36.7 Å².